The molecule has 0 bridgehead atoms. The summed E-state index contributed by atoms with van der Waals surface area (Å²) in [6.45, 7) is 4.70. The van der Waals surface area contributed by atoms with Crippen LogP contribution < -0.4 is 5.73 Å². The number of hydrogen-bond donors (Lipinski definition) is 1. The summed E-state index contributed by atoms with van der Waals surface area (Å²) in [5.74, 6) is 0.923. The summed E-state index contributed by atoms with van der Waals surface area (Å²) in [5, 5.41) is 0. The molecule has 11 heavy (non-hydrogen) atoms. The highest BCUT2D eigenvalue weighted by Crippen LogP contribution is 2.17. The lowest BCUT2D eigenvalue weighted by atomic mass is 10.4. The van der Waals surface area contributed by atoms with Crippen LogP contribution in [0, 0.1) is 0 Å². The molecule has 0 amide bonds. The van der Waals surface area contributed by atoms with Crippen LogP contribution in [0.5, 0.6) is 0 Å². The van der Waals surface area contributed by atoms with E-state index < -0.39 is 0 Å². The van der Waals surface area contributed by atoms with Gasteiger partial charge in [0.25, 0.3) is 0 Å². The van der Waals surface area contributed by atoms with Crippen molar-refractivity contribution < 1.29 is 0 Å². The SMILES string of the molecule is CC(C)n1c(Br)cnc1CN. The Labute approximate surface area is 74.7 Å². The summed E-state index contributed by atoms with van der Waals surface area (Å²) in [4.78, 5) is 4.15. The van der Waals surface area contributed by atoms with Crippen molar-refractivity contribution in [2.45, 2.75) is 26.4 Å². The number of nitrogens with zero attached hydrogens (tertiary/aromatic N) is 2. The van der Waals surface area contributed by atoms with Crippen molar-refractivity contribution in [3.05, 3.63) is 16.6 Å². The number of hydrogen-bond acceptors (Lipinski definition) is 2. The fourth-order valence-electron chi connectivity index (χ4n) is 1.07. The maximum Gasteiger partial charge on any atom is 0.123 e. The monoisotopic (exact) mass is 217 g/mol. The van der Waals surface area contributed by atoms with Gasteiger partial charge in [-0.3, -0.25) is 0 Å². The zero-order valence-electron chi connectivity index (χ0n) is 6.71. The second kappa shape index (κ2) is 3.36. The molecule has 1 aromatic heterocycles. The quantitative estimate of drug-likeness (QED) is 0.820. The fraction of sp³-hybridized carbons (Fsp3) is 0.571. The minimum Gasteiger partial charge on any atom is -0.324 e. The first-order valence-corrected chi connectivity index (χ1v) is 4.37. The molecular weight excluding hydrogens is 206 g/mol. The molecule has 1 aromatic rings. The topological polar surface area (TPSA) is 43.8 Å². The largest absolute Gasteiger partial charge is 0.324 e. The van der Waals surface area contributed by atoms with Gasteiger partial charge < -0.3 is 10.3 Å². The van der Waals surface area contributed by atoms with Gasteiger partial charge in [-0.2, -0.15) is 0 Å². The van der Waals surface area contributed by atoms with Crippen LogP contribution in [0.3, 0.4) is 0 Å². The van der Waals surface area contributed by atoms with Gasteiger partial charge in [-0.15, -0.1) is 0 Å². The third-order valence-corrected chi connectivity index (χ3v) is 2.11. The van der Waals surface area contributed by atoms with E-state index in [1.54, 1.807) is 6.20 Å². The van der Waals surface area contributed by atoms with Gasteiger partial charge in [0.15, 0.2) is 0 Å². The molecule has 0 aliphatic heterocycles. The summed E-state index contributed by atoms with van der Waals surface area (Å²) >= 11 is 3.40. The molecule has 4 heteroatoms. The summed E-state index contributed by atoms with van der Waals surface area (Å²) < 4.78 is 3.06. The average molecular weight is 218 g/mol. The highest BCUT2D eigenvalue weighted by Gasteiger charge is 2.08. The van der Waals surface area contributed by atoms with Crippen molar-refractivity contribution in [1.29, 1.82) is 0 Å². The lowest BCUT2D eigenvalue weighted by molar-refractivity contribution is 0.559. The molecule has 0 saturated carbocycles. The standard InChI is InChI=1S/C7H12BrN3/c1-5(2)11-6(8)4-10-7(11)3-9/h4-5H,3,9H2,1-2H3. The van der Waals surface area contributed by atoms with E-state index in [9.17, 15) is 0 Å². The normalized spacial score (nSPS) is 11.0. The first-order valence-electron chi connectivity index (χ1n) is 3.58. The van der Waals surface area contributed by atoms with Gasteiger partial charge in [-0.25, -0.2) is 4.98 Å². The van der Waals surface area contributed by atoms with Crippen LogP contribution in [0.2, 0.25) is 0 Å². The summed E-state index contributed by atoms with van der Waals surface area (Å²) in [6, 6.07) is 0.408. The predicted molar refractivity (Wildman–Crippen MR) is 48.2 cm³/mol. The van der Waals surface area contributed by atoms with Gasteiger partial charge in [-0.1, -0.05) is 0 Å². The minimum absolute atomic E-state index is 0.408. The lowest BCUT2D eigenvalue weighted by Crippen LogP contribution is -2.10. The molecule has 1 heterocycles. The van der Waals surface area contributed by atoms with Gasteiger partial charge >= 0.3 is 0 Å². The molecule has 62 valence electrons. The molecule has 1 rings (SSSR count). The average Bonchev–Trinajstić information content (AvgIpc) is 2.30. The molecule has 0 aromatic carbocycles. The van der Waals surface area contributed by atoms with E-state index >= 15 is 0 Å². The van der Waals surface area contributed by atoms with Crippen molar-refractivity contribution >= 4 is 15.9 Å². The Bertz CT molecular complexity index is 242. The Balaban J connectivity index is 3.07. The zero-order chi connectivity index (χ0) is 8.43. The smallest absolute Gasteiger partial charge is 0.123 e. The van der Waals surface area contributed by atoms with Gasteiger partial charge in [-0.05, 0) is 29.8 Å². The molecular formula is C7H12BrN3. The van der Waals surface area contributed by atoms with Crippen molar-refractivity contribution in [2.75, 3.05) is 0 Å². The first-order chi connectivity index (χ1) is 5.16. The zero-order valence-corrected chi connectivity index (χ0v) is 8.30. The van der Waals surface area contributed by atoms with E-state index in [1.165, 1.54) is 0 Å². The Morgan fingerprint density at radius 1 is 1.73 bits per heavy atom. The van der Waals surface area contributed by atoms with Crippen LogP contribution in [0.15, 0.2) is 10.8 Å². The molecule has 0 saturated heterocycles. The van der Waals surface area contributed by atoms with Gasteiger partial charge in [0.2, 0.25) is 0 Å². The maximum absolute atomic E-state index is 5.50. The van der Waals surface area contributed by atoms with Crippen LogP contribution in [0.25, 0.3) is 0 Å². The highest BCUT2D eigenvalue weighted by atomic mass is 79.9. The molecule has 0 atom stereocenters. The molecule has 0 aliphatic carbocycles. The molecule has 0 spiro atoms. The number of rotatable bonds is 2. The third kappa shape index (κ3) is 1.62. The van der Waals surface area contributed by atoms with E-state index in [0.29, 0.717) is 12.6 Å². The minimum atomic E-state index is 0.408. The van der Waals surface area contributed by atoms with E-state index in [-0.39, 0.29) is 0 Å². The van der Waals surface area contributed by atoms with Crippen LogP contribution >= 0.6 is 15.9 Å². The molecule has 3 nitrogen and oxygen atoms in total. The fourth-order valence-corrected chi connectivity index (χ4v) is 1.79. The van der Waals surface area contributed by atoms with E-state index in [0.717, 1.165) is 10.4 Å². The number of nitrogens with two attached hydrogens (primary N) is 1. The number of aromatic nitrogens is 2. The second-order valence-electron chi connectivity index (χ2n) is 2.67. The van der Waals surface area contributed by atoms with Crippen molar-refractivity contribution in [3.8, 4) is 0 Å². The Hall–Kier alpha value is -0.350. The second-order valence-corrected chi connectivity index (χ2v) is 3.48. The van der Waals surface area contributed by atoms with Crippen LogP contribution in [-0.4, -0.2) is 9.55 Å². The number of halogens is 1. The van der Waals surface area contributed by atoms with Gasteiger partial charge in [0.05, 0.1) is 12.7 Å². The van der Waals surface area contributed by atoms with Gasteiger partial charge in [0.1, 0.15) is 10.4 Å². The van der Waals surface area contributed by atoms with Gasteiger partial charge in [0, 0.05) is 6.04 Å². The predicted octanol–water partition coefficient (Wildman–Crippen LogP) is 1.69. The van der Waals surface area contributed by atoms with E-state index in [2.05, 4.69) is 39.3 Å². The van der Waals surface area contributed by atoms with E-state index in [1.807, 2.05) is 0 Å². The Kier molecular flexibility index (Phi) is 2.67. The molecule has 0 unspecified atom stereocenters. The summed E-state index contributed by atoms with van der Waals surface area (Å²) in [7, 11) is 0. The van der Waals surface area contributed by atoms with Crippen LogP contribution in [0.4, 0.5) is 0 Å². The Morgan fingerprint density at radius 3 is 2.73 bits per heavy atom. The Morgan fingerprint density at radius 2 is 2.36 bits per heavy atom. The van der Waals surface area contributed by atoms with Crippen molar-refractivity contribution in [1.82, 2.24) is 9.55 Å². The molecule has 0 fully saturated rings. The summed E-state index contributed by atoms with van der Waals surface area (Å²) in [6.07, 6.45) is 1.78. The molecule has 0 radical (unpaired) electrons. The summed E-state index contributed by atoms with van der Waals surface area (Å²) in [5.41, 5.74) is 5.50. The van der Waals surface area contributed by atoms with Crippen molar-refractivity contribution in [2.24, 2.45) is 5.73 Å². The number of imidazole rings is 1. The lowest BCUT2D eigenvalue weighted by Gasteiger charge is -2.11. The van der Waals surface area contributed by atoms with Crippen molar-refractivity contribution in [3.63, 3.8) is 0 Å². The molecule has 0 aliphatic rings. The maximum atomic E-state index is 5.50. The first kappa shape index (κ1) is 8.74. The third-order valence-electron chi connectivity index (χ3n) is 1.53. The highest BCUT2D eigenvalue weighted by molar-refractivity contribution is 9.10. The van der Waals surface area contributed by atoms with Crippen LogP contribution in [-0.2, 0) is 6.54 Å². The molecule has 2 N–H and O–H groups in total. The van der Waals surface area contributed by atoms with E-state index in [4.69, 9.17) is 5.73 Å². The van der Waals surface area contributed by atoms with Crippen LogP contribution in [0.1, 0.15) is 25.7 Å².